The number of methoxy groups -OCH3 is 1. The molecule has 0 aliphatic carbocycles. The van der Waals surface area contributed by atoms with Crippen LogP contribution in [0.25, 0.3) is 10.9 Å². The number of carbonyl (C=O) groups excluding carboxylic acids is 1. The van der Waals surface area contributed by atoms with Crippen LogP contribution < -0.4 is 10.3 Å². The van der Waals surface area contributed by atoms with Gasteiger partial charge in [-0.2, -0.15) is 0 Å². The highest BCUT2D eigenvalue weighted by Crippen LogP contribution is 2.18. The van der Waals surface area contributed by atoms with Gasteiger partial charge in [0.25, 0.3) is 5.91 Å². The van der Waals surface area contributed by atoms with Gasteiger partial charge in [-0.25, -0.2) is 0 Å². The van der Waals surface area contributed by atoms with Crippen molar-refractivity contribution in [3.8, 4) is 5.75 Å². The zero-order chi connectivity index (χ0) is 17.1. The molecule has 0 saturated carbocycles. The molecule has 0 radical (unpaired) electrons. The normalized spacial score (nSPS) is 10.6. The standard InChI is InChI=1S/C19H18N2O3/c1-21(12-13-7-9-14(24-2)10-8-13)19(23)16-11-18(22)20-17-6-4-3-5-15(16)17/h3-11H,12H2,1-2H3,(H,20,22). The fourth-order valence-electron chi connectivity index (χ4n) is 2.66. The highest BCUT2D eigenvalue weighted by atomic mass is 16.5. The van der Waals surface area contributed by atoms with Gasteiger partial charge in [-0.1, -0.05) is 30.3 Å². The van der Waals surface area contributed by atoms with E-state index in [4.69, 9.17) is 4.74 Å². The van der Waals surface area contributed by atoms with Gasteiger partial charge in [-0.05, 0) is 23.8 Å². The molecule has 24 heavy (non-hydrogen) atoms. The fraction of sp³-hybridized carbons (Fsp3) is 0.158. The number of benzene rings is 2. The maximum absolute atomic E-state index is 12.8. The van der Waals surface area contributed by atoms with E-state index in [-0.39, 0.29) is 11.5 Å². The summed E-state index contributed by atoms with van der Waals surface area (Å²) in [6.07, 6.45) is 0. The predicted octanol–water partition coefficient (Wildman–Crippen LogP) is 2.81. The number of hydrogen-bond donors (Lipinski definition) is 1. The summed E-state index contributed by atoms with van der Waals surface area (Å²) in [4.78, 5) is 29.0. The van der Waals surface area contributed by atoms with Crippen molar-refractivity contribution in [2.75, 3.05) is 14.2 Å². The van der Waals surface area contributed by atoms with Crippen molar-refractivity contribution in [2.24, 2.45) is 0 Å². The number of pyridine rings is 1. The Morgan fingerprint density at radius 3 is 2.54 bits per heavy atom. The molecule has 0 aliphatic heterocycles. The number of aromatic amines is 1. The zero-order valence-electron chi connectivity index (χ0n) is 13.6. The van der Waals surface area contributed by atoms with Crippen LogP contribution in [0.15, 0.2) is 59.4 Å². The van der Waals surface area contributed by atoms with Crippen molar-refractivity contribution in [3.63, 3.8) is 0 Å². The first kappa shape index (κ1) is 15.8. The zero-order valence-corrected chi connectivity index (χ0v) is 13.6. The number of rotatable bonds is 4. The molecule has 122 valence electrons. The molecule has 0 saturated heterocycles. The quantitative estimate of drug-likeness (QED) is 0.803. The van der Waals surface area contributed by atoms with Crippen molar-refractivity contribution >= 4 is 16.8 Å². The minimum absolute atomic E-state index is 0.187. The second kappa shape index (κ2) is 6.58. The number of amides is 1. The minimum atomic E-state index is -0.283. The molecule has 0 unspecified atom stereocenters. The number of H-pyrrole nitrogens is 1. The van der Waals surface area contributed by atoms with Crippen LogP contribution in [-0.4, -0.2) is 29.9 Å². The summed E-state index contributed by atoms with van der Waals surface area (Å²) < 4.78 is 5.13. The fourth-order valence-corrected chi connectivity index (χ4v) is 2.66. The summed E-state index contributed by atoms with van der Waals surface area (Å²) in [5, 5.41) is 0.740. The summed E-state index contributed by atoms with van der Waals surface area (Å²) >= 11 is 0. The van der Waals surface area contributed by atoms with E-state index in [1.54, 1.807) is 25.1 Å². The van der Waals surface area contributed by atoms with E-state index in [2.05, 4.69) is 4.98 Å². The van der Waals surface area contributed by atoms with Gasteiger partial charge in [0, 0.05) is 30.6 Å². The lowest BCUT2D eigenvalue weighted by Gasteiger charge is -2.18. The lowest BCUT2D eigenvalue weighted by Crippen LogP contribution is -2.27. The molecule has 0 atom stereocenters. The molecule has 0 aliphatic rings. The van der Waals surface area contributed by atoms with Crippen LogP contribution in [-0.2, 0) is 6.54 Å². The maximum Gasteiger partial charge on any atom is 0.254 e. The van der Waals surface area contributed by atoms with Crippen LogP contribution >= 0.6 is 0 Å². The number of fused-ring (bicyclic) bond motifs is 1. The molecule has 0 spiro atoms. The Morgan fingerprint density at radius 1 is 1.12 bits per heavy atom. The third-order valence-electron chi connectivity index (χ3n) is 3.91. The monoisotopic (exact) mass is 322 g/mol. The van der Waals surface area contributed by atoms with Gasteiger partial charge in [0.2, 0.25) is 5.56 Å². The third kappa shape index (κ3) is 3.15. The number of carbonyl (C=O) groups is 1. The number of ether oxygens (including phenoxy) is 1. The lowest BCUT2D eigenvalue weighted by atomic mass is 10.1. The summed E-state index contributed by atoms with van der Waals surface area (Å²) in [6, 6.07) is 16.2. The number of nitrogens with one attached hydrogen (secondary N) is 1. The van der Waals surface area contributed by atoms with Crippen molar-refractivity contribution in [2.45, 2.75) is 6.54 Å². The summed E-state index contributed by atoms with van der Waals surface area (Å²) in [6.45, 7) is 0.448. The molecule has 5 heteroatoms. The Balaban J connectivity index is 1.89. The number of hydrogen-bond acceptors (Lipinski definition) is 3. The second-order valence-electron chi connectivity index (χ2n) is 5.60. The average Bonchev–Trinajstić information content (AvgIpc) is 2.61. The number of para-hydroxylation sites is 1. The molecule has 1 aromatic heterocycles. The number of aromatic nitrogens is 1. The first-order chi connectivity index (χ1) is 11.6. The lowest BCUT2D eigenvalue weighted by molar-refractivity contribution is 0.0787. The van der Waals surface area contributed by atoms with Crippen molar-refractivity contribution < 1.29 is 9.53 Å². The van der Waals surface area contributed by atoms with Gasteiger partial charge in [0.1, 0.15) is 5.75 Å². The van der Waals surface area contributed by atoms with Crippen molar-refractivity contribution in [1.82, 2.24) is 9.88 Å². The van der Waals surface area contributed by atoms with E-state index in [1.165, 1.54) is 6.07 Å². The van der Waals surface area contributed by atoms with Crippen LogP contribution in [0, 0.1) is 0 Å². The Bertz CT molecular complexity index is 929. The molecule has 0 bridgehead atoms. The Hall–Kier alpha value is -3.08. The van der Waals surface area contributed by atoms with Gasteiger partial charge in [0.05, 0.1) is 12.7 Å². The van der Waals surface area contributed by atoms with E-state index in [0.29, 0.717) is 17.6 Å². The largest absolute Gasteiger partial charge is 0.497 e. The van der Waals surface area contributed by atoms with Crippen LogP contribution in [0.1, 0.15) is 15.9 Å². The van der Waals surface area contributed by atoms with Crippen molar-refractivity contribution in [3.05, 3.63) is 76.1 Å². The Morgan fingerprint density at radius 2 is 1.83 bits per heavy atom. The average molecular weight is 322 g/mol. The highest BCUT2D eigenvalue weighted by molar-refractivity contribution is 6.05. The van der Waals surface area contributed by atoms with Crippen LogP contribution in [0.2, 0.25) is 0 Å². The van der Waals surface area contributed by atoms with Gasteiger partial charge >= 0.3 is 0 Å². The smallest absolute Gasteiger partial charge is 0.254 e. The molecule has 1 heterocycles. The predicted molar refractivity (Wildman–Crippen MR) is 93.4 cm³/mol. The van der Waals surface area contributed by atoms with Gasteiger partial charge in [0.15, 0.2) is 0 Å². The number of nitrogens with zero attached hydrogens (tertiary/aromatic N) is 1. The van der Waals surface area contributed by atoms with E-state index >= 15 is 0 Å². The van der Waals surface area contributed by atoms with E-state index in [9.17, 15) is 9.59 Å². The molecule has 3 aromatic rings. The van der Waals surface area contributed by atoms with E-state index in [1.807, 2.05) is 42.5 Å². The highest BCUT2D eigenvalue weighted by Gasteiger charge is 2.16. The van der Waals surface area contributed by atoms with E-state index in [0.717, 1.165) is 16.7 Å². The van der Waals surface area contributed by atoms with E-state index < -0.39 is 0 Å². The molecular formula is C19H18N2O3. The molecule has 5 nitrogen and oxygen atoms in total. The van der Waals surface area contributed by atoms with Crippen LogP contribution in [0.5, 0.6) is 5.75 Å². The molecule has 1 amide bonds. The minimum Gasteiger partial charge on any atom is -0.497 e. The third-order valence-corrected chi connectivity index (χ3v) is 3.91. The second-order valence-corrected chi connectivity index (χ2v) is 5.60. The summed E-state index contributed by atoms with van der Waals surface area (Å²) in [5.41, 5.74) is 1.77. The molecule has 3 rings (SSSR count). The van der Waals surface area contributed by atoms with Crippen LogP contribution in [0.3, 0.4) is 0 Å². The van der Waals surface area contributed by atoms with Gasteiger partial charge in [-0.3, -0.25) is 9.59 Å². The molecule has 0 fully saturated rings. The van der Waals surface area contributed by atoms with Gasteiger partial charge < -0.3 is 14.6 Å². The summed E-state index contributed by atoms with van der Waals surface area (Å²) in [7, 11) is 3.34. The molecule has 2 aromatic carbocycles. The maximum atomic E-state index is 12.8. The first-order valence-corrected chi connectivity index (χ1v) is 7.59. The first-order valence-electron chi connectivity index (χ1n) is 7.59. The summed E-state index contributed by atoms with van der Waals surface area (Å²) in [5.74, 6) is 0.585. The SMILES string of the molecule is COc1ccc(CN(C)C(=O)c2cc(=O)[nH]c3ccccc23)cc1. The molecular weight excluding hydrogens is 304 g/mol. The Labute approximate surface area is 139 Å². The topological polar surface area (TPSA) is 62.4 Å². The van der Waals surface area contributed by atoms with Crippen molar-refractivity contribution in [1.29, 1.82) is 0 Å². The van der Waals surface area contributed by atoms with Gasteiger partial charge in [-0.15, -0.1) is 0 Å². The molecule has 1 N–H and O–H groups in total. The van der Waals surface area contributed by atoms with Crippen LogP contribution in [0.4, 0.5) is 0 Å². The Kier molecular flexibility index (Phi) is 4.33.